The maximum Gasteiger partial charge on any atom is 0.251 e. The molecule has 3 aliphatic rings. The normalized spacial score (nSPS) is 23.4. The highest BCUT2D eigenvalue weighted by molar-refractivity contribution is 5.97. The molecule has 5 nitrogen and oxygen atoms in total. The van der Waals surface area contributed by atoms with Crippen LogP contribution in [-0.2, 0) is 16.1 Å². The van der Waals surface area contributed by atoms with Crippen LogP contribution < -0.4 is 5.32 Å². The number of nitrogens with one attached hydrogen (secondary N) is 1. The smallest absolute Gasteiger partial charge is 0.251 e. The van der Waals surface area contributed by atoms with Crippen molar-refractivity contribution < 1.29 is 13.9 Å². The monoisotopic (exact) mass is 387 g/mol. The third-order valence-corrected chi connectivity index (χ3v) is 6.03. The van der Waals surface area contributed by atoms with Gasteiger partial charge in [0.05, 0.1) is 13.2 Å². The topological polar surface area (TPSA) is 44.8 Å². The molecule has 28 heavy (non-hydrogen) atoms. The van der Waals surface area contributed by atoms with Crippen LogP contribution in [0.3, 0.4) is 0 Å². The second-order valence-electron chi connectivity index (χ2n) is 7.93. The van der Waals surface area contributed by atoms with Crippen LogP contribution in [0.5, 0.6) is 0 Å². The molecule has 1 amide bonds. The van der Waals surface area contributed by atoms with Gasteiger partial charge in [0, 0.05) is 25.2 Å². The molecule has 0 spiro atoms. The van der Waals surface area contributed by atoms with Gasteiger partial charge >= 0.3 is 0 Å². The summed E-state index contributed by atoms with van der Waals surface area (Å²) >= 11 is 0. The van der Waals surface area contributed by atoms with Crippen LogP contribution in [-0.4, -0.2) is 61.3 Å². The first-order valence-electron chi connectivity index (χ1n) is 10.5. The molecule has 6 heteroatoms. The fourth-order valence-corrected chi connectivity index (χ4v) is 4.50. The van der Waals surface area contributed by atoms with Gasteiger partial charge in [-0.1, -0.05) is 12.1 Å². The van der Waals surface area contributed by atoms with Gasteiger partial charge in [0.1, 0.15) is 12.0 Å². The first-order chi connectivity index (χ1) is 13.7. The molecular formula is C22H30FN3O2. The number of halogens is 1. The summed E-state index contributed by atoms with van der Waals surface area (Å²) in [4.78, 5) is 17.4. The third kappa shape index (κ3) is 4.45. The lowest BCUT2D eigenvalue weighted by molar-refractivity contribution is -0.128. The Hall–Kier alpha value is -1.76. The number of morpholine rings is 1. The van der Waals surface area contributed by atoms with Gasteiger partial charge in [0.2, 0.25) is 0 Å². The zero-order valence-corrected chi connectivity index (χ0v) is 16.5. The molecule has 0 aromatic heterocycles. The molecule has 2 aliphatic heterocycles. The Kier molecular flexibility index (Phi) is 6.40. The van der Waals surface area contributed by atoms with Crippen LogP contribution in [0.2, 0.25) is 0 Å². The van der Waals surface area contributed by atoms with Crippen molar-refractivity contribution in [2.75, 3.05) is 39.4 Å². The lowest BCUT2D eigenvalue weighted by Gasteiger charge is -2.30. The molecule has 0 saturated carbocycles. The maximum absolute atomic E-state index is 13.2. The van der Waals surface area contributed by atoms with Crippen molar-refractivity contribution in [2.45, 2.75) is 44.8 Å². The highest BCUT2D eigenvalue weighted by Crippen LogP contribution is 2.36. The van der Waals surface area contributed by atoms with Crippen LogP contribution in [0.25, 0.3) is 0 Å². The van der Waals surface area contributed by atoms with Gasteiger partial charge in [-0.2, -0.15) is 0 Å². The molecule has 1 aromatic carbocycles. The van der Waals surface area contributed by atoms with Gasteiger partial charge < -0.3 is 9.64 Å². The molecule has 0 radical (unpaired) electrons. The van der Waals surface area contributed by atoms with E-state index in [9.17, 15) is 9.18 Å². The first-order valence-corrected chi connectivity index (χ1v) is 10.5. The second kappa shape index (κ2) is 9.16. The van der Waals surface area contributed by atoms with E-state index in [4.69, 9.17) is 4.74 Å². The van der Waals surface area contributed by atoms with E-state index < -0.39 is 0 Å². The fourth-order valence-electron chi connectivity index (χ4n) is 4.50. The third-order valence-electron chi connectivity index (χ3n) is 6.03. The second-order valence-corrected chi connectivity index (χ2v) is 7.93. The molecule has 1 saturated heterocycles. The zero-order chi connectivity index (χ0) is 19.3. The summed E-state index contributed by atoms with van der Waals surface area (Å²) in [7, 11) is 0. The van der Waals surface area contributed by atoms with E-state index in [1.54, 1.807) is 12.1 Å². The molecular weight excluding hydrogens is 357 g/mol. The van der Waals surface area contributed by atoms with E-state index in [1.807, 2.05) is 4.90 Å². The highest BCUT2D eigenvalue weighted by atomic mass is 19.1. The van der Waals surface area contributed by atoms with Crippen LogP contribution >= 0.6 is 0 Å². The van der Waals surface area contributed by atoms with Gasteiger partial charge in [0.25, 0.3) is 5.91 Å². The number of ether oxygens (including phenoxy) is 1. The zero-order valence-electron chi connectivity index (χ0n) is 16.5. The van der Waals surface area contributed by atoms with E-state index in [0.29, 0.717) is 6.54 Å². The van der Waals surface area contributed by atoms with Crippen LogP contribution in [0.1, 0.15) is 37.7 Å². The van der Waals surface area contributed by atoms with Crippen molar-refractivity contribution >= 4 is 5.91 Å². The van der Waals surface area contributed by atoms with Gasteiger partial charge in [-0.25, -0.2) is 4.39 Å². The predicted molar refractivity (Wildman–Crippen MR) is 106 cm³/mol. The Morgan fingerprint density at radius 1 is 1.11 bits per heavy atom. The Balaban J connectivity index is 1.39. The van der Waals surface area contributed by atoms with Crippen molar-refractivity contribution in [1.29, 1.82) is 0 Å². The fraction of sp³-hybridized carbons (Fsp3) is 0.591. The minimum Gasteiger partial charge on any atom is -0.379 e. The van der Waals surface area contributed by atoms with Crippen LogP contribution in [0.15, 0.2) is 35.4 Å². The number of hydrogen-bond donors (Lipinski definition) is 1. The molecule has 0 bridgehead atoms. The molecule has 0 unspecified atom stereocenters. The summed E-state index contributed by atoms with van der Waals surface area (Å²) in [6.07, 6.45) is 5.18. The number of carbonyl (C=O) groups is 1. The summed E-state index contributed by atoms with van der Waals surface area (Å²) in [6, 6.07) is 6.48. The number of carbonyl (C=O) groups excluding carboxylic acids is 1. The number of hydrogen-bond acceptors (Lipinski definition) is 4. The van der Waals surface area contributed by atoms with Crippen molar-refractivity contribution in [3.05, 3.63) is 46.8 Å². The molecule has 1 fully saturated rings. The largest absolute Gasteiger partial charge is 0.379 e. The standard InChI is InChI=1S/C22H30FN3O2/c23-18-8-6-17(7-9-18)16-26-21(19-4-1-2-5-20(19)22(26)27)24-10-3-11-25-12-14-28-15-13-25/h6-9,21,24H,1-5,10-16H2/t21-/m1/s1. The predicted octanol–water partition coefficient (Wildman–Crippen LogP) is 2.68. The number of nitrogens with zero attached hydrogens (tertiary/aromatic N) is 2. The maximum atomic E-state index is 13.2. The molecule has 2 heterocycles. The van der Waals surface area contributed by atoms with Crippen molar-refractivity contribution in [3.63, 3.8) is 0 Å². The summed E-state index contributed by atoms with van der Waals surface area (Å²) in [6.45, 7) is 6.13. The van der Waals surface area contributed by atoms with Crippen molar-refractivity contribution in [1.82, 2.24) is 15.1 Å². The van der Waals surface area contributed by atoms with Gasteiger partial charge in [-0.15, -0.1) is 0 Å². The van der Waals surface area contributed by atoms with Crippen molar-refractivity contribution in [2.24, 2.45) is 0 Å². The van der Waals surface area contributed by atoms with Crippen LogP contribution in [0, 0.1) is 5.82 Å². The van der Waals surface area contributed by atoms with Crippen LogP contribution in [0.4, 0.5) is 4.39 Å². The van der Waals surface area contributed by atoms with Gasteiger partial charge in [0.15, 0.2) is 0 Å². The Labute approximate surface area is 166 Å². The average molecular weight is 387 g/mol. The number of rotatable bonds is 7. The lowest BCUT2D eigenvalue weighted by atomic mass is 9.92. The summed E-state index contributed by atoms with van der Waals surface area (Å²) in [5.41, 5.74) is 3.26. The summed E-state index contributed by atoms with van der Waals surface area (Å²) in [5.74, 6) is -0.0867. The van der Waals surface area contributed by atoms with Gasteiger partial charge in [-0.05, 0) is 68.5 Å². The van der Waals surface area contributed by atoms with E-state index in [-0.39, 0.29) is 17.9 Å². The Morgan fingerprint density at radius 2 is 1.86 bits per heavy atom. The average Bonchev–Trinajstić information content (AvgIpc) is 2.99. The minimum atomic E-state index is -0.244. The number of benzene rings is 1. The molecule has 1 aromatic rings. The molecule has 1 atom stereocenters. The van der Waals surface area contributed by atoms with E-state index in [1.165, 1.54) is 17.7 Å². The SMILES string of the molecule is O=C1C2=C(CCCC2)[C@H](NCCCN2CCOCC2)N1Cc1ccc(F)cc1. The van der Waals surface area contributed by atoms with E-state index >= 15 is 0 Å². The molecule has 1 aliphatic carbocycles. The lowest BCUT2D eigenvalue weighted by Crippen LogP contribution is -2.46. The minimum absolute atomic E-state index is 0.0162. The molecule has 152 valence electrons. The molecule has 1 N–H and O–H groups in total. The summed E-state index contributed by atoms with van der Waals surface area (Å²) in [5, 5.41) is 3.65. The van der Waals surface area contributed by atoms with Gasteiger partial charge in [-0.3, -0.25) is 15.0 Å². The first kappa shape index (κ1) is 19.6. The highest BCUT2D eigenvalue weighted by Gasteiger charge is 2.39. The Bertz CT molecular complexity index is 713. The van der Waals surface area contributed by atoms with E-state index in [0.717, 1.165) is 82.6 Å². The quantitative estimate of drug-likeness (QED) is 0.731. The number of amides is 1. The molecule has 4 rings (SSSR count). The van der Waals surface area contributed by atoms with E-state index in [2.05, 4.69) is 10.2 Å². The van der Waals surface area contributed by atoms with Crippen molar-refractivity contribution in [3.8, 4) is 0 Å². The summed E-state index contributed by atoms with van der Waals surface area (Å²) < 4.78 is 18.6. The Morgan fingerprint density at radius 3 is 2.64 bits per heavy atom.